The third-order valence-electron chi connectivity index (χ3n) is 6.02. The Labute approximate surface area is 192 Å². The second kappa shape index (κ2) is 9.95. The van der Waals surface area contributed by atoms with Gasteiger partial charge in [-0.25, -0.2) is 9.59 Å². The monoisotopic (exact) mass is 451 g/mol. The quantitative estimate of drug-likeness (QED) is 0.421. The van der Waals surface area contributed by atoms with E-state index in [9.17, 15) is 9.59 Å². The van der Waals surface area contributed by atoms with Gasteiger partial charge in [0, 0.05) is 55.5 Å². The predicted octanol–water partition coefficient (Wildman–Crippen LogP) is 2.98. The molecular formula is C25H29N3O5. The lowest BCUT2D eigenvalue weighted by atomic mass is 10.1. The van der Waals surface area contributed by atoms with Crippen molar-refractivity contribution in [3.63, 3.8) is 0 Å². The summed E-state index contributed by atoms with van der Waals surface area (Å²) in [4.78, 5) is 30.5. The average molecular weight is 452 g/mol. The molecule has 4 rings (SSSR count). The maximum atomic E-state index is 11.8. The van der Waals surface area contributed by atoms with Gasteiger partial charge < -0.3 is 24.5 Å². The van der Waals surface area contributed by atoms with Crippen LogP contribution in [0.25, 0.3) is 10.9 Å². The Morgan fingerprint density at radius 3 is 2.42 bits per heavy atom. The minimum Gasteiger partial charge on any atom is -0.489 e. The van der Waals surface area contributed by atoms with Crippen molar-refractivity contribution in [2.24, 2.45) is 0 Å². The van der Waals surface area contributed by atoms with Gasteiger partial charge in [0.05, 0.1) is 0 Å². The van der Waals surface area contributed by atoms with Crippen molar-refractivity contribution >= 4 is 28.5 Å². The van der Waals surface area contributed by atoms with Crippen molar-refractivity contribution in [1.29, 1.82) is 0 Å². The molecule has 1 atom stereocenters. The van der Waals surface area contributed by atoms with Gasteiger partial charge in [-0.05, 0) is 43.2 Å². The normalized spacial score (nSPS) is 15.4. The van der Waals surface area contributed by atoms with E-state index in [1.807, 2.05) is 30.5 Å². The molecule has 0 radical (unpaired) electrons. The summed E-state index contributed by atoms with van der Waals surface area (Å²) in [6, 6.07) is 13.9. The molecule has 0 bridgehead atoms. The van der Waals surface area contributed by atoms with Crippen LogP contribution >= 0.6 is 0 Å². The van der Waals surface area contributed by atoms with Crippen LogP contribution in [-0.2, 0) is 14.3 Å². The molecule has 8 nitrogen and oxygen atoms in total. The number of benzene rings is 2. The van der Waals surface area contributed by atoms with Crippen LogP contribution in [0.3, 0.4) is 0 Å². The molecule has 0 saturated carbocycles. The van der Waals surface area contributed by atoms with Crippen molar-refractivity contribution in [1.82, 2.24) is 9.88 Å². The summed E-state index contributed by atoms with van der Waals surface area (Å²) >= 11 is 0. The van der Waals surface area contributed by atoms with E-state index in [4.69, 9.17) is 14.6 Å². The lowest BCUT2D eigenvalue weighted by Crippen LogP contribution is -2.50. The molecule has 2 aromatic carbocycles. The fourth-order valence-corrected chi connectivity index (χ4v) is 4.44. The summed E-state index contributed by atoms with van der Waals surface area (Å²) in [6.07, 6.45) is 1.13. The molecule has 3 aromatic rings. The van der Waals surface area contributed by atoms with Gasteiger partial charge in [0.1, 0.15) is 18.5 Å². The number of piperazine rings is 1. The van der Waals surface area contributed by atoms with Gasteiger partial charge in [0.2, 0.25) is 0 Å². The Morgan fingerprint density at radius 2 is 1.73 bits per heavy atom. The number of aromatic nitrogens is 1. The number of esters is 1. The number of carbonyl (C=O) groups excluding carboxylic acids is 1. The number of nitrogens with one attached hydrogen (secondary N) is 1. The minimum absolute atomic E-state index is 0.0699. The van der Waals surface area contributed by atoms with Gasteiger partial charge in [-0.15, -0.1) is 0 Å². The van der Waals surface area contributed by atoms with Gasteiger partial charge >= 0.3 is 11.9 Å². The number of carboxylic acid groups (broad SMARTS) is 1. The first kappa shape index (κ1) is 22.7. The number of aryl methyl sites for hydroxylation is 2. The number of fused-ring (bicyclic) bond motifs is 1. The first-order valence-electron chi connectivity index (χ1n) is 11.1. The van der Waals surface area contributed by atoms with Gasteiger partial charge in [-0.1, -0.05) is 24.3 Å². The summed E-state index contributed by atoms with van der Waals surface area (Å²) in [5.74, 6) is -2.21. The average Bonchev–Trinajstić information content (AvgIpc) is 3.28. The Balaban J connectivity index is 1.40. The second-order valence-corrected chi connectivity index (χ2v) is 8.37. The van der Waals surface area contributed by atoms with Crippen molar-refractivity contribution < 1.29 is 24.2 Å². The van der Waals surface area contributed by atoms with Crippen molar-refractivity contribution in [3.05, 3.63) is 59.8 Å². The third-order valence-corrected chi connectivity index (χ3v) is 6.02. The number of para-hydroxylation sites is 1. The molecule has 1 fully saturated rings. The number of H-pyrrole nitrogens is 1. The van der Waals surface area contributed by atoms with Crippen LogP contribution in [0.1, 0.15) is 11.1 Å². The maximum absolute atomic E-state index is 11.8. The van der Waals surface area contributed by atoms with Crippen molar-refractivity contribution in [2.45, 2.75) is 20.0 Å². The highest BCUT2D eigenvalue weighted by Crippen LogP contribution is 2.26. The van der Waals surface area contributed by atoms with E-state index in [-0.39, 0.29) is 6.61 Å². The Hall–Kier alpha value is -3.52. The van der Waals surface area contributed by atoms with Crippen LogP contribution in [0.2, 0.25) is 0 Å². The smallest absolute Gasteiger partial charge is 0.417 e. The molecule has 0 spiro atoms. The number of carbonyl (C=O) groups is 2. The number of hydrogen-bond donors (Lipinski definition) is 2. The van der Waals surface area contributed by atoms with E-state index in [1.54, 1.807) is 0 Å². The molecule has 2 heterocycles. The highest BCUT2D eigenvalue weighted by atomic mass is 16.6. The SMILES string of the molecule is Cc1cccc(C)c1N1CCN(C[C@@H](COc2cccc3[nH]ccc23)OC(=O)C(=O)O)CC1. The standard InChI is InChI=1S/C25H29N3O5/c1-17-5-3-6-18(2)23(17)28-13-11-27(12-14-28)15-19(33-25(31)24(29)30)16-32-22-8-4-7-21-20(22)9-10-26-21/h3-10,19,26H,11-16H2,1-2H3,(H,29,30)/t19-/m0/s1. The molecule has 33 heavy (non-hydrogen) atoms. The van der Waals surface area contributed by atoms with Crippen LogP contribution in [0, 0.1) is 13.8 Å². The Bertz CT molecular complexity index is 1110. The maximum Gasteiger partial charge on any atom is 0.417 e. The summed E-state index contributed by atoms with van der Waals surface area (Å²) in [7, 11) is 0. The molecule has 2 N–H and O–H groups in total. The number of hydrogen-bond acceptors (Lipinski definition) is 6. The highest BCUT2D eigenvalue weighted by Gasteiger charge is 2.26. The van der Waals surface area contributed by atoms with E-state index in [1.165, 1.54) is 16.8 Å². The lowest BCUT2D eigenvalue weighted by Gasteiger charge is -2.38. The molecule has 1 saturated heterocycles. The lowest BCUT2D eigenvalue weighted by molar-refractivity contribution is -0.169. The number of carboxylic acids is 1. The van der Waals surface area contributed by atoms with Crippen LogP contribution in [0.4, 0.5) is 5.69 Å². The molecule has 1 aliphatic rings. The summed E-state index contributed by atoms with van der Waals surface area (Å²) in [6.45, 7) is 7.97. The largest absolute Gasteiger partial charge is 0.489 e. The van der Waals surface area contributed by atoms with Gasteiger partial charge in [0.15, 0.2) is 0 Å². The van der Waals surface area contributed by atoms with E-state index in [0.717, 1.165) is 37.1 Å². The molecule has 0 aliphatic carbocycles. The Kier molecular flexibility index (Phi) is 6.84. The van der Waals surface area contributed by atoms with Crippen LogP contribution in [0.5, 0.6) is 5.75 Å². The van der Waals surface area contributed by atoms with Crippen LogP contribution < -0.4 is 9.64 Å². The fraction of sp³-hybridized carbons (Fsp3) is 0.360. The summed E-state index contributed by atoms with van der Waals surface area (Å²) in [5.41, 5.74) is 4.72. The number of rotatable bonds is 7. The number of aliphatic carboxylic acids is 1. The van der Waals surface area contributed by atoms with E-state index in [2.05, 4.69) is 46.8 Å². The third kappa shape index (κ3) is 5.28. The minimum atomic E-state index is -1.60. The first-order valence-corrected chi connectivity index (χ1v) is 11.1. The topological polar surface area (TPSA) is 95.1 Å². The molecule has 1 aliphatic heterocycles. The molecule has 8 heteroatoms. The summed E-state index contributed by atoms with van der Waals surface area (Å²) < 4.78 is 11.2. The molecule has 0 amide bonds. The van der Waals surface area contributed by atoms with Gasteiger partial charge in [-0.2, -0.15) is 0 Å². The second-order valence-electron chi connectivity index (χ2n) is 8.37. The zero-order valence-electron chi connectivity index (χ0n) is 18.9. The predicted molar refractivity (Wildman–Crippen MR) is 126 cm³/mol. The molecule has 1 aromatic heterocycles. The van der Waals surface area contributed by atoms with Gasteiger partial charge in [0.25, 0.3) is 0 Å². The van der Waals surface area contributed by atoms with E-state index < -0.39 is 18.0 Å². The van der Waals surface area contributed by atoms with E-state index >= 15 is 0 Å². The first-order chi connectivity index (χ1) is 15.9. The number of aromatic amines is 1. The zero-order valence-corrected chi connectivity index (χ0v) is 18.9. The molecule has 0 unspecified atom stereocenters. The van der Waals surface area contributed by atoms with Gasteiger partial charge in [-0.3, -0.25) is 4.90 Å². The van der Waals surface area contributed by atoms with Crippen molar-refractivity contribution in [3.8, 4) is 5.75 Å². The van der Waals surface area contributed by atoms with Crippen molar-refractivity contribution in [2.75, 3.05) is 44.2 Å². The molecular weight excluding hydrogens is 422 g/mol. The zero-order chi connectivity index (χ0) is 23.4. The molecule has 174 valence electrons. The van der Waals surface area contributed by atoms with Crippen LogP contribution in [-0.4, -0.2) is 72.4 Å². The Morgan fingerprint density at radius 1 is 1.03 bits per heavy atom. The number of anilines is 1. The highest BCUT2D eigenvalue weighted by molar-refractivity contribution is 6.28. The summed E-state index contributed by atoms with van der Waals surface area (Å²) in [5, 5.41) is 9.93. The van der Waals surface area contributed by atoms with E-state index in [0.29, 0.717) is 12.3 Å². The fourth-order valence-electron chi connectivity index (χ4n) is 4.44. The number of ether oxygens (including phenoxy) is 2. The number of nitrogens with zero attached hydrogens (tertiary/aromatic N) is 2. The van der Waals surface area contributed by atoms with Crippen LogP contribution in [0.15, 0.2) is 48.7 Å².